The van der Waals surface area contributed by atoms with Crippen LogP contribution in [0.3, 0.4) is 0 Å². The summed E-state index contributed by atoms with van der Waals surface area (Å²) in [5.74, 6) is -0.536. The lowest BCUT2D eigenvalue weighted by Gasteiger charge is -2.29. The molecule has 3 rings (SSSR count). The van der Waals surface area contributed by atoms with E-state index >= 15 is 0 Å². The number of fused-ring (bicyclic) bond motifs is 1. The van der Waals surface area contributed by atoms with Crippen molar-refractivity contribution in [3.8, 4) is 0 Å². The average Bonchev–Trinajstić information content (AvgIpc) is 3.08. The van der Waals surface area contributed by atoms with Gasteiger partial charge in [0.15, 0.2) is 6.61 Å². The van der Waals surface area contributed by atoms with Gasteiger partial charge in [-0.15, -0.1) is 11.8 Å². The molecule has 2 heterocycles. The monoisotopic (exact) mass is 416 g/mol. The molecular weight excluding hydrogens is 399 g/mol. The Bertz CT molecular complexity index is 760. The van der Waals surface area contributed by atoms with Crippen molar-refractivity contribution in [2.24, 2.45) is 0 Å². The van der Waals surface area contributed by atoms with Crippen molar-refractivity contribution in [2.75, 3.05) is 12.4 Å². The van der Waals surface area contributed by atoms with Crippen molar-refractivity contribution in [2.45, 2.75) is 37.2 Å². The summed E-state index contributed by atoms with van der Waals surface area (Å²) in [6, 6.07) is 4.36. The molecule has 0 spiro atoms. The van der Waals surface area contributed by atoms with Crippen molar-refractivity contribution < 1.29 is 19.1 Å². The van der Waals surface area contributed by atoms with E-state index in [2.05, 4.69) is 5.32 Å². The van der Waals surface area contributed by atoms with Gasteiger partial charge in [0, 0.05) is 28.8 Å². The predicted molar refractivity (Wildman–Crippen MR) is 100.0 cm³/mol. The highest BCUT2D eigenvalue weighted by Crippen LogP contribution is 2.47. The van der Waals surface area contributed by atoms with Crippen LogP contribution in [0.4, 0.5) is 0 Å². The number of ether oxygens (including phenoxy) is 1. The number of halogens is 2. The van der Waals surface area contributed by atoms with E-state index in [1.165, 1.54) is 0 Å². The Morgan fingerprint density at radius 2 is 2.19 bits per heavy atom. The maximum atomic E-state index is 12.3. The predicted octanol–water partition coefficient (Wildman–Crippen LogP) is 2.61. The van der Waals surface area contributed by atoms with Crippen LogP contribution < -0.4 is 5.32 Å². The Morgan fingerprint density at radius 1 is 1.42 bits per heavy atom. The first-order valence-electron chi connectivity index (χ1n) is 8.13. The van der Waals surface area contributed by atoms with E-state index in [1.54, 1.807) is 34.9 Å². The molecule has 2 aliphatic heterocycles. The molecule has 0 aliphatic carbocycles. The highest BCUT2D eigenvalue weighted by Gasteiger charge is 2.53. The number of nitrogens with one attached hydrogen (secondary N) is 1. The highest BCUT2D eigenvalue weighted by molar-refractivity contribution is 8.01. The number of rotatable bonds is 5. The molecule has 1 aromatic carbocycles. The molecule has 9 heteroatoms. The molecule has 2 aliphatic rings. The average molecular weight is 417 g/mol. The van der Waals surface area contributed by atoms with Crippen LogP contribution in [0.2, 0.25) is 10.0 Å². The minimum atomic E-state index is -0.626. The van der Waals surface area contributed by atoms with Crippen LogP contribution in [-0.2, 0) is 25.7 Å². The van der Waals surface area contributed by atoms with E-state index < -0.39 is 24.5 Å². The van der Waals surface area contributed by atoms with Crippen molar-refractivity contribution in [3.05, 3.63) is 33.8 Å². The first-order valence-corrected chi connectivity index (χ1v) is 9.88. The van der Waals surface area contributed by atoms with Crippen molar-refractivity contribution in [1.82, 2.24) is 10.2 Å². The minimum absolute atomic E-state index is 0.0405. The third-order valence-electron chi connectivity index (χ3n) is 4.55. The Balaban J connectivity index is 1.48. The largest absolute Gasteiger partial charge is 0.454 e. The molecule has 2 atom stereocenters. The minimum Gasteiger partial charge on any atom is -0.454 e. The number of carbonyl (C=O) groups excluding carboxylic acids is 3. The summed E-state index contributed by atoms with van der Waals surface area (Å²) in [7, 11) is 0. The summed E-state index contributed by atoms with van der Waals surface area (Å²) in [6.45, 7) is 1.76. The summed E-state index contributed by atoms with van der Waals surface area (Å²) in [5.41, 5.74) is 0.710. The molecule has 2 amide bonds. The molecule has 0 bridgehead atoms. The molecule has 2 unspecified atom stereocenters. The second-order valence-electron chi connectivity index (χ2n) is 6.39. The quantitative estimate of drug-likeness (QED) is 0.746. The van der Waals surface area contributed by atoms with Crippen LogP contribution >= 0.6 is 35.0 Å². The van der Waals surface area contributed by atoms with Gasteiger partial charge < -0.3 is 15.0 Å². The van der Waals surface area contributed by atoms with Gasteiger partial charge >= 0.3 is 5.97 Å². The molecule has 0 saturated carbocycles. The first-order chi connectivity index (χ1) is 12.3. The number of nitrogens with zero attached hydrogens (tertiary/aromatic N) is 1. The van der Waals surface area contributed by atoms with Crippen LogP contribution in [0.5, 0.6) is 0 Å². The van der Waals surface area contributed by atoms with E-state index in [1.807, 2.05) is 6.92 Å². The number of thioether (sulfide) groups is 1. The SMILES string of the molecule is CC12CCC(=O)N1C(C(=O)OCC(=O)NCc1ccc(Cl)cc1Cl)CS2. The van der Waals surface area contributed by atoms with Gasteiger partial charge in [0.2, 0.25) is 5.91 Å². The van der Waals surface area contributed by atoms with Gasteiger partial charge in [0.1, 0.15) is 6.04 Å². The third kappa shape index (κ3) is 3.94. The molecule has 2 saturated heterocycles. The Kier molecular flexibility index (Phi) is 5.69. The van der Waals surface area contributed by atoms with E-state index in [0.29, 0.717) is 27.8 Å². The summed E-state index contributed by atoms with van der Waals surface area (Å²) >= 11 is 13.4. The zero-order valence-corrected chi connectivity index (χ0v) is 16.4. The fourth-order valence-electron chi connectivity index (χ4n) is 3.14. The fourth-order valence-corrected chi connectivity index (χ4v) is 5.03. The Morgan fingerprint density at radius 3 is 2.92 bits per heavy atom. The van der Waals surface area contributed by atoms with Crippen LogP contribution in [0.15, 0.2) is 18.2 Å². The van der Waals surface area contributed by atoms with Gasteiger partial charge in [-0.25, -0.2) is 4.79 Å². The normalized spacial score (nSPS) is 24.5. The molecule has 140 valence electrons. The zero-order valence-electron chi connectivity index (χ0n) is 14.1. The van der Waals surface area contributed by atoms with E-state index in [4.69, 9.17) is 27.9 Å². The second kappa shape index (κ2) is 7.66. The van der Waals surface area contributed by atoms with Crippen LogP contribution in [0.1, 0.15) is 25.3 Å². The molecule has 1 aromatic rings. The molecular formula is C17H18Cl2N2O4S. The summed E-state index contributed by atoms with van der Waals surface area (Å²) < 4.78 is 5.11. The zero-order chi connectivity index (χ0) is 18.9. The second-order valence-corrected chi connectivity index (χ2v) is 8.73. The van der Waals surface area contributed by atoms with Gasteiger partial charge in [0.25, 0.3) is 5.91 Å². The van der Waals surface area contributed by atoms with E-state index in [-0.39, 0.29) is 17.3 Å². The number of esters is 1. The lowest BCUT2D eigenvalue weighted by atomic mass is 10.2. The molecule has 26 heavy (non-hydrogen) atoms. The standard InChI is InChI=1S/C17H18Cl2N2O4S/c1-17-5-4-15(23)21(17)13(9-26-17)16(24)25-8-14(22)20-7-10-2-3-11(18)6-12(10)19/h2-3,6,13H,4-5,7-9H2,1H3,(H,20,22). The van der Waals surface area contributed by atoms with Gasteiger partial charge in [0.05, 0.1) is 4.87 Å². The van der Waals surface area contributed by atoms with Crippen LogP contribution in [0, 0.1) is 0 Å². The van der Waals surface area contributed by atoms with Crippen LogP contribution in [-0.4, -0.2) is 46.0 Å². The summed E-state index contributed by atoms with van der Waals surface area (Å²) in [4.78, 5) is 37.5. The van der Waals surface area contributed by atoms with Crippen molar-refractivity contribution in [3.63, 3.8) is 0 Å². The van der Waals surface area contributed by atoms with Gasteiger partial charge in [-0.2, -0.15) is 0 Å². The van der Waals surface area contributed by atoms with Crippen molar-refractivity contribution >= 4 is 52.7 Å². The Labute approximate surface area is 165 Å². The highest BCUT2D eigenvalue weighted by atomic mass is 35.5. The summed E-state index contributed by atoms with van der Waals surface area (Å²) in [5, 5.41) is 3.60. The molecule has 1 N–H and O–H groups in total. The lowest BCUT2D eigenvalue weighted by molar-refractivity contribution is -0.156. The van der Waals surface area contributed by atoms with E-state index in [9.17, 15) is 14.4 Å². The fraction of sp³-hybridized carbons (Fsp3) is 0.471. The molecule has 2 fully saturated rings. The number of benzene rings is 1. The van der Waals surface area contributed by atoms with Crippen molar-refractivity contribution in [1.29, 1.82) is 0 Å². The number of carbonyl (C=O) groups is 3. The lowest BCUT2D eigenvalue weighted by Crippen LogP contribution is -2.47. The van der Waals surface area contributed by atoms with Gasteiger partial charge in [-0.05, 0) is 31.0 Å². The molecule has 0 aromatic heterocycles. The molecule has 6 nitrogen and oxygen atoms in total. The maximum Gasteiger partial charge on any atom is 0.330 e. The topological polar surface area (TPSA) is 75.7 Å². The third-order valence-corrected chi connectivity index (χ3v) is 6.65. The van der Waals surface area contributed by atoms with E-state index in [0.717, 1.165) is 6.42 Å². The number of amides is 2. The summed E-state index contributed by atoms with van der Waals surface area (Å²) in [6.07, 6.45) is 1.16. The first kappa shape index (κ1) is 19.3. The number of hydrogen-bond acceptors (Lipinski definition) is 5. The van der Waals surface area contributed by atoms with Gasteiger partial charge in [-0.3, -0.25) is 9.59 Å². The maximum absolute atomic E-state index is 12.3. The molecule has 0 radical (unpaired) electrons. The number of hydrogen-bond donors (Lipinski definition) is 1. The van der Waals surface area contributed by atoms with Crippen LogP contribution in [0.25, 0.3) is 0 Å². The van der Waals surface area contributed by atoms with Gasteiger partial charge in [-0.1, -0.05) is 29.3 Å². The smallest absolute Gasteiger partial charge is 0.330 e. The Hall–Kier alpha value is -1.44.